The van der Waals surface area contributed by atoms with Gasteiger partial charge >= 0.3 is 0 Å². The van der Waals surface area contributed by atoms with Crippen molar-refractivity contribution in [1.82, 2.24) is 15.5 Å². The van der Waals surface area contributed by atoms with Gasteiger partial charge in [0.25, 0.3) is 0 Å². The summed E-state index contributed by atoms with van der Waals surface area (Å²) in [6.07, 6.45) is 1.90. The fraction of sp³-hybridized carbons (Fsp3) is 0.778. The summed E-state index contributed by atoms with van der Waals surface area (Å²) < 4.78 is 0. The van der Waals surface area contributed by atoms with Crippen molar-refractivity contribution in [1.29, 1.82) is 0 Å². The number of nitrogens with one attached hydrogen (secondary N) is 2. The Morgan fingerprint density at radius 1 is 1.15 bits per heavy atom. The maximum absolute atomic E-state index is 12.6. The summed E-state index contributed by atoms with van der Waals surface area (Å²) in [4.78, 5) is 50.0. The second-order valence-electron chi connectivity index (χ2n) is 7.51. The van der Waals surface area contributed by atoms with Gasteiger partial charge in [0.15, 0.2) is 0 Å². The van der Waals surface area contributed by atoms with Crippen molar-refractivity contribution in [3.63, 3.8) is 0 Å². The van der Waals surface area contributed by atoms with Gasteiger partial charge < -0.3 is 27.0 Å². The number of likely N-dealkylation sites (tertiary alicyclic amines) is 1. The van der Waals surface area contributed by atoms with Gasteiger partial charge in [-0.1, -0.05) is 34.1 Å². The molecule has 1 heterocycles. The molecule has 1 aliphatic rings. The van der Waals surface area contributed by atoms with Gasteiger partial charge in [0.05, 0.1) is 12.6 Å². The summed E-state index contributed by atoms with van der Waals surface area (Å²) in [7, 11) is 0. The second kappa shape index (κ2) is 10.2. The minimum absolute atomic E-state index is 0.0619. The molecule has 0 aromatic heterocycles. The third kappa shape index (κ3) is 6.20. The molecular weight excluding hydrogens is 350 g/mol. The Balaban J connectivity index is 2.70. The number of nitrogens with two attached hydrogens (primary N) is 2. The molecule has 0 saturated carbocycles. The van der Waals surface area contributed by atoms with Crippen molar-refractivity contribution >= 4 is 23.6 Å². The molecule has 1 aliphatic heterocycles. The Morgan fingerprint density at radius 2 is 1.78 bits per heavy atom. The summed E-state index contributed by atoms with van der Waals surface area (Å²) in [5.74, 6) is -1.94. The zero-order chi connectivity index (χ0) is 20.7. The van der Waals surface area contributed by atoms with Crippen LogP contribution in [-0.4, -0.2) is 59.7 Å². The van der Waals surface area contributed by atoms with Crippen molar-refractivity contribution in [2.75, 3.05) is 13.1 Å². The van der Waals surface area contributed by atoms with Crippen molar-refractivity contribution in [2.24, 2.45) is 23.3 Å². The van der Waals surface area contributed by atoms with E-state index in [0.717, 1.165) is 0 Å². The number of primary amides is 1. The monoisotopic (exact) mass is 383 g/mol. The molecule has 0 radical (unpaired) electrons. The molecule has 1 fully saturated rings. The molecule has 0 unspecified atom stereocenters. The van der Waals surface area contributed by atoms with Crippen LogP contribution in [0.25, 0.3) is 0 Å². The lowest BCUT2D eigenvalue weighted by atomic mass is 9.96. The lowest BCUT2D eigenvalue weighted by Gasteiger charge is -2.27. The van der Waals surface area contributed by atoms with E-state index in [-0.39, 0.29) is 24.3 Å². The summed E-state index contributed by atoms with van der Waals surface area (Å²) >= 11 is 0. The maximum atomic E-state index is 12.6. The van der Waals surface area contributed by atoms with E-state index in [9.17, 15) is 19.2 Å². The highest BCUT2D eigenvalue weighted by Gasteiger charge is 2.33. The first kappa shape index (κ1) is 22.9. The number of carbonyl (C=O) groups is 4. The molecule has 0 bridgehead atoms. The zero-order valence-corrected chi connectivity index (χ0v) is 16.7. The number of nitrogens with zero attached hydrogens (tertiary/aromatic N) is 1. The molecule has 27 heavy (non-hydrogen) atoms. The number of carbonyl (C=O) groups excluding carboxylic acids is 4. The van der Waals surface area contributed by atoms with Crippen LogP contribution >= 0.6 is 0 Å². The standard InChI is InChI=1S/C18H33N5O4/c1-5-11(4)15(22-17(26)14(19)10(2)3)18(27)21-9-13(24)23-8-6-7-12(23)16(20)25/h10-12,14-15H,5-9,19H2,1-4H3,(H2,20,25)(H,21,27)(H,22,26)/t11-,12-,14-,15-/m0/s1. The van der Waals surface area contributed by atoms with Crippen molar-refractivity contribution in [3.05, 3.63) is 0 Å². The third-order valence-electron chi connectivity index (χ3n) is 5.13. The molecule has 0 aromatic rings. The Hall–Kier alpha value is -2.16. The first-order valence-electron chi connectivity index (χ1n) is 9.52. The lowest BCUT2D eigenvalue weighted by molar-refractivity contribution is -0.138. The average molecular weight is 383 g/mol. The van der Waals surface area contributed by atoms with E-state index in [0.29, 0.717) is 25.8 Å². The SMILES string of the molecule is CC[C@H](C)[C@H](NC(=O)[C@@H](N)C(C)C)C(=O)NCC(=O)N1CCC[C@H]1C(N)=O. The highest BCUT2D eigenvalue weighted by Crippen LogP contribution is 2.16. The zero-order valence-electron chi connectivity index (χ0n) is 16.7. The molecule has 1 saturated heterocycles. The quantitative estimate of drug-likeness (QED) is 0.407. The predicted octanol–water partition coefficient (Wildman–Crippen LogP) is -0.907. The van der Waals surface area contributed by atoms with Crippen LogP contribution in [0.15, 0.2) is 0 Å². The lowest BCUT2D eigenvalue weighted by Crippen LogP contribution is -2.56. The van der Waals surface area contributed by atoms with Gasteiger partial charge in [0, 0.05) is 6.54 Å². The van der Waals surface area contributed by atoms with Gasteiger partial charge in [-0.15, -0.1) is 0 Å². The van der Waals surface area contributed by atoms with E-state index in [1.165, 1.54) is 4.90 Å². The van der Waals surface area contributed by atoms with Crippen LogP contribution in [0.3, 0.4) is 0 Å². The molecule has 9 heteroatoms. The van der Waals surface area contributed by atoms with Crippen LogP contribution in [-0.2, 0) is 19.2 Å². The minimum atomic E-state index is -0.786. The molecule has 6 N–H and O–H groups in total. The molecule has 0 aromatic carbocycles. The highest BCUT2D eigenvalue weighted by atomic mass is 16.2. The topological polar surface area (TPSA) is 148 Å². The van der Waals surface area contributed by atoms with Crippen LogP contribution in [0.4, 0.5) is 0 Å². The second-order valence-corrected chi connectivity index (χ2v) is 7.51. The Labute approximate surface area is 160 Å². The van der Waals surface area contributed by atoms with Gasteiger partial charge in [0.2, 0.25) is 23.6 Å². The summed E-state index contributed by atoms with van der Waals surface area (Å²) in [5.41, 5.74) is 11.2. The maximum Gasteiger partial charge on any atom is 0.243 e. The summed E-state index contributed by atoms with van der Waals surface area (Å²) in [6.45, 7) is 7.60. The Morgan fingerprint density at radius 3 is 2.30 bits per heavy atom. The van der Waals surface area contributed by atoms with E-state index < -0.39 is 35.8 Å². The predicted molar refractivity (Wildman–Crippen MR) is 101 cm³/mol. The van der Waals surface area contributed by atoms with Crippen LogP contribution in [0.1, 0.15) is 47.0 Å². The van der Waals surface area contributed by atoms with Crippen LogP contribution in [0.5, 0.6) is 0 Å². The van der Waals surface area contributed by atoms with E-state index in [1.807, 2.05) is 27.7 Å². The molecule has 0 spiro atoms. The smallest absolute Gasteiger partial charge is 0.243 e. The molecule has 9 nitrogen and oxygen atoms in total. The molecular formula is C18H33N5O4. The van der Waals surface area contributed by atoms with E-state index in [1.54, 1.807) is 0 Å². The molecule has 4 atom stereocenters. The first-order chi connectivity index (χ1) is 12.6. The van der Waals surface area contributed by atoms with Crippen molar-refractivity contribution < 1.29 is 19.2 Å². The minimum Gasteiger partial charge on any atom is -0.368 e. The number of rotatable bonds is 9. The van der Waals surface area contributed by atoms with E-state index in [2.05, 4.69) is 10.6 Å². The van der Waals surface area contributed by atoms with Crippen molar-refractivity contribution in [3.8, 4) is 0 Å². The van der Waals surface area contributed by atoms with Crippen LogP contribution < -0.4 is 22.1 Å². The molecule has 4 amide bonds. The third-order valence-corrected chi connectivity index (χ3v) is 5.13. The van der Waals surface area contributed by atoms with Gasteiger partial charge in [-0.25, -0.2) is 0 Å². The average Bonchev–Trinajstić information content (AvgIpc) is 3.12. The molecule has 154 valence electrons. The van der Waals surface area contributed by atoms with E-state index in [4.69, 9.17) is 11.5 Å². The van der Waals surface area contributed by atoms with Crippen LogP contribution in [0, 0.1) is 11.8 Å². The number of hydrogen-bond donors (Lipinski definition) is 4. The van der Waals surface area contributed by atoms with E-state index >= 15 is 0 Å². The summed E-state index contributed by atoms with van der Waals surface area (Å²) in [6, 6.07) is -2.12. The highest BCUT2D eigenvalue weighted by molar-refractivity contribution is 5.93. The first-order valence-corrected chi connectivity index (χ1v) is 9.52. The van der Waals surface area contributed by atoms with Crippen molar-refractivity contribution in [2.45, 2.75) is 65.1 Å². The Kier molecular flexibility index (Phi) is 8.68. The normalized spacial score (nSPS) is 20.1. The largest absolute Gasteiger partial charge is 0.368 e. The number of hydrogen-bond acceptors (Lipinski definition) is 5. The fourth-order valence-corrected chi connectivity index (χ4v) is 2.99. The van der Waals surface area contributed by atoms with Gasteiger partial charge in [0.1, 0.15) is 12.1 Å². The van der Waals surface area contributed by atoms with Gasteiger partial charge in [-0.3, -0.25) is 19.2 Å². The molecule has 0 aliphatic carbocycles. The van der Waals surface area contributed by atoms with Crippen LogP contribution in [0.2, 0.25) is 0 Å². The Bertz CT molecular complexity index is 566. The summed E-state index contributed by atoms with van der Waals surface area (Å²) in [5, 5.41) is 5.26. The number of amides is 4. The van der Waals surface area contributed by atoms with Gasteiger partial charge in [-0.05, 0) is 24.7 Å². The molecule has 1 rings (SSSR count). The fourth-order valence-electron chi connectivity index (χ4n) is 2.99. The van der Waals surface area contributed by atoms with Gasteiger partial charge in [-0.2, -0.15) is 0 Å².